The van der Waals surface area contributed by atoms with Crippen molar-refractivity contribution >= 4 is 34.7 Å². The zero-order valence-corrected chi connectivity index (χ0v) is 16.5. The van der Waals surface area contributed by atoms with Crippen LogP contribution in [0.2, 0.25) is 5.02 Å². The normalized spacial score (nSPS) is 10.6. The summed E-state index contributed by atoms with van der Waals surface area (Å²) >= 11 is 7.69. The molecule has 0 spiro atoms. The van der Waals surface area contributed by atoms with Crippen LogP contribution in [0.4, 0.5) is 10.5 Å². The summed E-state index contributed by atoms with van der Waals surface area (Å²) in [6, 6.07) is 13.3. The van der Waals surface area contributed by atoms with Crippen LogP contribution in [-0.2, 0) is 6.54 Å². The van der Waals surface area contributed by atoms with Crippen LogP contribution in [-0.4, -0.2) is 11.0 Å². The second kappa shape index (κ2) is 7.89. The molecule has 0 atom stereocenters. The standard InChI is InChI=1S/C20H20ClN3OS/c1-12-7-4-5-8-15(12)19-23-14(3)18(26-19)11-22-20(25)24-17-10-6-9-16(21)13(17)2/h4-10H,11H2,1-3H3,(H2,22,24,25). The van der Waals surface area contributed by atoms with Gasteiger partial charge in [0.25, 0.3) is 0 Å². The van der Waals surface area contributed by atoms with E-state index in [1.54, 1.807) is 17.4 Å². The molecule has 2 N–H and O–H groups in total. The third-order valence-corrected chi connectivity index (χ3v) is 5.79. The van der Waals surface area contributed by atoms with Crippen molar-refractivity contribution in [2.75, 3.05) is 5.32 Å². The van der Waals surface area contributed by atoms with Gasteiger partial charge in [-0.1, -0.05) is 41.9 Å². The molecular formula is C20H20ClN3OS. The van der Waals surface area contributed by atoms with Crippen LogP contribution < -0.4 is 10.6 Å². The van der Waals surface area contributed by atoms with Gasteiger partial charge in [0.15, 0.2) is 0 Å². The first-order chi connectivity index (χ1) is 12.5. The number of carbonyl (C=O) groups is 1. The number of carbonyl (C=O) groups excluding carboxylic acids is 1. The molecule has 0 saturated heterocycles. The topological polar surface area (TPSA) is 54.0 Å². The van der Waals surface area contributed by atoms with E-state index in [-0.39, 0.29) is 6.03 Å². The number of amides is 2. The lowest BCUT2D eigenvalue weighted by molar-refractivity contribution is 0.252. The highest BCUT2D eigenvalue weighted by Gasteiger charge is 2.12. The molecule has 4 nitrogen and oxygen atoms in total. The molecule has 0 aliphatic carbocycles. The summed E-state index contributed by atoms with van der Waals surface area (Å²) < 4.78 is 0. The minimum absolute atomic E-state index is 0.263. The largest absolute Gasteiger partial charge is 0.333 e. The average molecular weight is 386 g/mol. The van der Waals surface area contributed by atoms with Gasteiger partial charge < -0.3 is 10.6 Å². The highest BCUT2D eigenvalue weighted by Crippen LogP contribution is 2.30. The molecule has 134 valence electrons. The maximum Gasteiger partial charge on any atom is 0.319 e. The number of halogens is 1. The van der Waals surface area contributed by atoms with Crippen LogP contribution in [0.25, 0.3) is 10.6 Å². The van der Waals surface area contributed by atoms with Crippen molar-refractivity contribution in [3.8, 4) is 10.6 Å². The number of nitrogens with zero attached hydrogens (tertiary/aromatic N) is 1. The number of hydrogen-bond donors (Lipinski definition) is 2. The summed E-state index contributed by atoms with van der Waals surface area (Å²) in [5.41, 5.74) is 4.81. The fraction of sp³-hybridized carbons (Fsp3) is 0.200. The van der Waals surface area contributed by atoms with Gasteiger partial charge in [0, 0.05) is 21.2 Å². The van der Waals surface area contributed by atoms with Gasteiger partial charge >= 0.3 is 6.03 Å². The number of thiazole rings is 1. The molecule has 0 unspecified atom stereocenters. The summed E-state index contributed by atoms with van der Waals surface area (Å²) in [4.78, 5) is 17.9. The monoisotopic (exact) mass is 385 g/mol. The third-order valence-electron chi connectivity index (χ3n) is 4.19. The average Bonchev–Trinajstić information content (AvgIpc) is 2.98. The molecular weight excluding hydrogens is 366 g/mol. The van der Waals surface area contributed by atoms with Gasteiger partial charge in [-0.25, -0.2) is 9.78 Å². The Morgan fingerprint density at radius 1 is 1.12 bits per heavy atom. The minimum atomic E-state index is -0.263. The molecule has 1 heterocycles. The Balaban J connectivity index is 1.67. The first-order valence-corrected chi connectivity index (χ1v) is 9.47. The maximum absolute atomic E-state index is 12.2. The van der Waals surface area contributed by atoms with Gasteiger partial charge in [-0.05, 0) is 44.0 Å². The number of urea groups is 1. The van der Waals surface area contributed by atoms with Crippen LogP contribution in [0.1, 0.15) is 21.7 Å². The second-order valence-corrected chi connectivity index (χ2v) is 7.55. The smallest absolute Gasteiger partial charge is 0.319 e. The Labute approximate surface area is 162 Å². The molecule has 2 amide bonds. The predicted molar refractivity (Wildman–Crippen MR) is 109 cm³/mol. The van der Waals surface area contributed by atoms with Crippen molar-refractivity contribution in [3.63, 3.8) is 0 Å². The first kappa shape index (κ1) is 18.4. The molecule has 0 aliphatic heterocycles. The van der Waals surface area contributed by atoms with E-state index >= 15 is 0 Å². The lowest BCUT2D eigenvalue weighted by Gasteiger charge is -2.10. The molecule has 0 fully saturated rings. The SMILES string of the molecule is Cc1ccccc1-c1nc(C)c(CNC(=O)Nc2cccc(Cl)c2C)s1. The molecule has 3 aromatic rings. The quantitative estimate of drug-likeness (QED) is 0.604. The van der Waals surface area contributed by atoms with Crippen molar-refractivity contribution < 1.29 is 4.79 Å². The number of aryl methyl sites for hydroxylation is 2. The summed E-state index contributed by atoms with van der Waals surface area (Å²) in [7, 11) is 0. The molecule has 6 heteroatoms. The third kappa shape index (κ3) is 4.06. The Kier molecular flexibility index (Phi) is 5.59. The van der Waals surface area contributed by atoms with E-state index in [0.717, 1.165) is 26.7 Å². The van der Waals surface area contributed by atoms with Crippen LogP contribution in [0.5, 0.6) is 0 Å². The van der Waals surface area contributed by atoms with Gasteiger partial charge in [0.05, 0.1) is 12.2 Å². The van der Waals surface area contributed by atoms with Crippen LogP contribution in [0.15, 0.2) is 42.5 Å². The van der Waals surface area contributed by atoms with E-state index in [4.69, 9.17) is 11.6 Å². The fourth-order valence-electron chi connectivity index (χ4n) is 2.59. The van der Waals surface area contributed by atoms with Gasteiger partial charge in [-0.15, -0.1) is 11.3 Å². The zero-order valence-electron chi connectivity index (χ0n) is 14.9. The van der Waals surface area contributed by atoms with Crippen molar-refractivity contribution in [2.45, 2.75) is 27.3 Å². The molecule has 26 heavy (non-hydrogen) atoms. The summed E-state index contributed by atoms with van der Waals surface area (Å²) in [5.74, 6) is 0. The Bertz CT molecular complexity index is 952. The lowest BCUT2D eigenvalue weighted by Crippen LogP contribution is -2.28. The van der Waals surface area contributed by atoms with E-state index < -0.39 is 0 Å². The van der Waals surface area contributed by atoms with Gasteiger partial charge in [0.1, 0.15) is 5.01 Å². The fourth-order valence-corrected chi connectivity index (χ4v) is 3.86. The highest BCUT2D eigenvalue weighted by molar-refractivity contribution is 7.15. The molecule has 1 aromatic heterocycles. The van der Waals surface area contributed by atoms with Gasteiger partial charge in [-0.2, -0.15) is 0 Å². The summed E-state index contributed by atoms with van der Waals surface area (Å²) in [6.07, 6.45) is 0. The molecule has 0 saturated carbocycles. The summed E-state index contributed by atoms with van der Waals surface area (Å²) in [6.45, 7) is 6.35. The maximum atomic E-state index is 12.2. The van der Waals surface area contributed by atoms with Crippen molar-refractivity contribution in [1.82, 2.24) is 10.3 Å². The Morgan fingerprint density at radius 3 is 2.65 bits per heavy atom. The molecule has 2 aromatic carbocycles. The number of aromatic nitrogens is 1. The van der Waals surface area contributed by atoms with Crippen LogP contribution >= 0.6 is 22.9 Å². The molecule has 0 bridgehead atoms. The second-order valence-electron chi connectivity index (χ2n) is 6.06. The molecule has 0 aliphatic rings. The number of nitrogens with one attached hydrogen (secondary N) is 2. The lowest BCUT2D eigenvalue weighted by atomic mass is 10.1. The zero-order chi connectivity index (χ0) is 18.7. The first-order valence-electron chi connectivity index (χ1n) is 8.28. The Morgan fingerprint density at radius 2 is 1.88 bits per heavy atom. The number of rotatable bonds is 4. The highest BCUT2D eigenvalue weighted by atomic mass is 35.5. The number of anilines is 1. The predicted octanol–water partition coefficient (Wildman–Crippen LogP) is 5.71. The van der Waals surface area contributed by atoms with E-state index in [1.165, 1.54) is 5.56 Å². The van der Waals surface area contributed by atoms with Gasteiger partial charge in [0.2, 0.25) is 0 Å². The minimum Gasteiger partial charge on any atom is -0.333 e. The van der Waals surface area contributed by atoms with Crippen LogP contribution in [0, 0.1) is 20.8 Å². The van der Waals surface area contributed by atoms with Crippen molar-refractivity contribution in [2.24, 2.45) is 0 Å². The number of hydrogen-bond acceptors (Lipinski definition) is 3. The van der Waals surface area contributed by atoms with Crippen molar-refractivity contribution in [1.29, 1.82) is 0 Å². The van der Waals surface area contributed by atoms with E-state index in [1.807, 2.05) is 38.1 Å². The summed E-state index contributed by atoms with van der Waals surface area (Å²) in [5, 5.41) is 7.33. The molecule has 3 rings (SSSR count). The molecule has 0 radical (unpaired) electrons. The van der Waals surface area contributed by atoms with E-state index in [9.17, 15) is 4.79 Å². The van der Waals surface area contributed by atoms with Crippen LogP contribution in [0.3, 0.4) is 0 Å². The van der Waals surface area contributed by atoms with E-state index in [0.29, 0.717) is 17.3 Å². The number of benzene rings is 2. The van der Waals surface area contributed by atoms with Gasteiger partial charge in [-0.3, -0.25) is 0 Å². The van der Waals surface area contributed by atoms with Crippen molar-refractivity contribution in [3.05, 3.63) is 69.2 Å². The van der Waals surface area contributed by atoms with E-state index in [2.05, 4.69) is 34.7 Å². The Hall–Kier alpha value is -2.37.